The molecular formula is C34H52N6O5. The summed E-state index contributed by atoms with van der Waals surface area (Å²) in [5.74, 6) is 1.41. The molecule has 0 aliphatic carbocycles. The van der Waals surface area contributed by atoms with Crippen molar-refractivity contribution in [2.24, 2.45) is 0 Å². The smallest absolute Gasteiger partial charge is 0.258 e. The fourth-order valence-corrected chi connectivity index (χ4v) is 5.69. The molecule has 0 radical (unpaired) electrons. The Morgan fingerprint density at radius 1 is 1.04 bits per heavy atom. The fraction of sp³-hybridized carbons (Fsp3) is 0.618. The van der Waals surface area contributed by atoms with Crippen molar-refractivity contribution in [2.45, 2.75) is 84.2 Å². The van der Waals surface area contributed by atoms with Gasteiger partial charge < -0.3 is 28.9 Å². The molecule has 0 N–H and O–H groups in total. The molecule has 0 saturated carbocycles. The predicted octanol–water partition coefficient (Wildman–Crippen LogP) is 4.04. The van der Waals surface area contributed by atoms with Gasteiger partial charge in [0.05, 0.1) is 12.2 Å². The Morgan fingerprint density at radius 3 is 2.49 bits per heavy atom. The number of imidazole rings is 1. The van der Waals surface area contributed by atoms with Crippen molar-refractivity contribution in [3.05, 3.63) is 48.0 Å². The van der Waals surface area contributed by atoms with Crippen LogP contribution in [0.3, 0.4) is 0 Å². The second-order valence-corrected chi connectivity index (χ2v) is 12.3. The lowest BCUT2D eigenvalue weighted by molar-refractivity contribution is -0.135. The van der Waals surface area contributed by atoms with E-state index in [2.05, 4.69) is 18.8 Å². The largest absolute Gasteiger partial charge is 0.493 e. The molecule has 2 aromatic rings. The molecule has 0 unspecified atom stereocenters. The number of benzene rings is 1. The number of hydrogen-bond acceptors (Lipinski definition) is 6. The van der Waals surface area contributed by atoms with E-state index in [-0.39, 0.29) is 29.5 Å². The minimum absolute atomic E-state index is 0.0172. The van der Waals surface area contributed by atoms with E-state index < -0.39 is 6.04 Å². The van der Waals surface area contributed by atoms with Gasteiger partial charge in [-0.2, -0.15) is 0 Å². The lowest BCUT2D eigenvalue weighted by atomic mass is 10.0. The SMILES string of the molecule is CC(=O)N1CCCCN(C)C(=O)[C@H](CCCCN(C)C(=O)CCn2ccnc2C(C)C)N(C)C(=O)c2ccccc2OCCC1. The molecule has 1 aromatic heterocycles. The number of nitrogens with zero attached hydrogens (tertiary/aromatic N) is 6. The zero-order valence-corrected chi connectivity index (χ0v) is 28.0. The van der Waals surface area contributed by atoms with Gasteiger partial charge in [-0.15, -0.1) is 0 Å². The molecule has 1 atom stereocenters. The topological polar surface area (TPSA) is 108 Å². The number of carbonyl (C=O) groups excluding carboxylic acids is 4. The van der Waals surface area contributed by atoms with Crippen molar-refractivity contribution in [2.75, 3.05) is 53.9 Å². The first-order chi connectivity index (χ1) is 21.5. The number of hydrogen-bond donors (Lipinski definition) is 0. The van der Waals surface area contributed by atoms with Gasteiger partial charge in [-0.1, -0.05) is 26.0 Å². The van der Waals surface area contributed by atoms with Gasteiger partial charge in [0.1, 0.15) is 17.6 Å². The molecule has 3 rings (SSSR count). The molecule has 0 bridgehead atoms. The summed E-state index contributed by atoms with van der Waals surface area (Å²) >= 11 is 0. The summed E-state index contributed by atoms with van der Waals surface area (Å²) < 4.78 is 8.04. The molecule has 4 amide bonds. The van der Waals surface area contributed by atoms with Gasteiger partial charge in [-0.25, -0.2) is 4.98 Å². The molecule has 0 spiro atoms. The highest BCUT2D eigenvalue weighted by Gasteiger charge is 2.31. The molecule has 0 fully saturated rings. The van der Waals surface area contributed by atoms with Gasteiger partial charge in [0.2, 0.25) is 17.7 Å². The molecule has 11 nitrogen and oxygen atoms in total. The number of carbonyl (C=O) groups is 4. The minimum atomic E-state index is -0.658. The summed E-state index contributed by atoms with van der Waals surface area (Å²) in [6.45, 7) is 9.01. The fourth-order valence-electron chi connectivity index (χ4n) is 5.69. The molecule has 248 valence electrons. The van der Waals surface area contributed by atoms with E-state index in [1.807, 2.05) is 28.8 Å². The van der Waals surface area contributed by atoms with Crippen LogP contribution >= 0.6 is 0 Å². The first kappa shape index (κ1) is 35.6. The highest BCUT2D eigenvalue weighted by molar-refractivity contribution is 5.99. The number of aryl methyl sites for hydroxylation is 1. The van der Waals surface area contributed by atoms with E-state index >= 15 is 0 Å². The Labute approximate surface area is 268 Å². The Balaban J connectivity index is 1.65. The van der Waals surface area contributed by atoms with E-state index in [0.717, 1.165) is 18.7 Å². The second-order valence-electron chi connectivity index (χ2n) is 12.3. The van der Waals surface area contributed by atoms with Gasteiger partial charge in [0, 0.05) is 85.5 Å². The van der Waals surface area contributed by atoms with Crippen LogP contribution in [0.25, 0.3) is 0 Å². The molecule has 1 aliphatic rings. The van der Waals surface area contributed by atoms with Crippen LogP contribution in [0.2, 0.25) is 0 Å². The maximum atomic E-state index is 13.8. The second kappa shape index (κ2) is 17.6. The third-order valence-corrected chi connectivity index (χ3v) is 8.49. The third-order valence-electron chi connectivity index (χ3n) is 8.49. The Kier molecular flexibility index (Phi) is 13.9. The average Bonchev–Trinajstić information content (AvgIpc) is 3.50. The molecular weight excluding hydrogens is 572 g/mol. The van der Waals surface area contributed by atoms with Crippen LogP contribution in [0.4, 0.5) is 0 Å². The van der Waals surface area contributed by atoms with Crippen LogP contribution in [-0.4, -0.2) is 113 Å². The number of rotatable bonds is 9. The van der Waals surface area contributed by atoms with Gasteiger partial charge in [-0.05, 0) is 50.7 Å². The summed E-state index contributed by atoms with van der Waals surface area (Å²) in [4.78, 5) is 63.7. The van der Waals surface area contributed by atoms with Crippen LogP contribution in [0.5, 0.6) is 5.75 Å². The monoisotopic (exact) mass is 624 g/mol. The van der Waals surface area contributed by atoms with Crippen molar-refractivity contribution >= 4 is 23.6 Å². The maximum Gasteiger partial charge on any atom is 0.258 e. The zero-order chi connectivity index (χ0) is 32.9. The van der Waals surface area contributed by atoms with Crippen LogP contribution in [0, 0.1) is 0 Å². The summed E-state index contributed by atoms with van der Waals surface area (Å²) in [5.41, 5.74) is 0.403. The number of likely N-dealkylation sites (N-methyl/N-ethyl adjacent to an activating group) is 2. The number of ether oxygens (including phenoxy) is 1. The van der Waals surface area contributed by atoms with Gasteiger partial charge >= 0.3 is 0 Å². The molecule has 45 heavy (non-hydrogen) atoms. The van der Waals surface area contributed by atoms with Gasteiger partial charge in [0.15, 0.2) is 0 Å². The number of unbranched alkanes of at least 4 members (excludes halogenated alkanes) is 1. The minimum Gasteiger partial charge on any atom is -0.493 e. The molecule has 0 saturated heterocycles. The van der Waals surface area contributed by atoms with Gasteiger partial charge in [0.25, 0.3) is 5.91 Å². The molecule has 1 aromatic carbocycles. The quantitative estimate of drug-likeness (QED) is 0.390. The summed E-state index contributed by atoms with van der Waals surface area (Å²) in [6, 6.07) is 6.43. The standard InChI is InChI=1S/C34H52N6O5/c1-26(2)32-35-18-24-40(32)23-17-31(42)36(4)19-10-9-15-29-34(44)37(5)20-11-12-21-39(27(3)41)22-13-25-45-30-16-8-7-14-28(30)33(43)38(29)6/h7-8,14,16,18,24,26,29H,9-13,15,17,19-23,25H2,1-6H3/t29-/m0/s1. The van der Waals surface area contributed by atoms with Crippen LogP contribution in [0.15, 0.2) is 36.7 Å². The lowest BCUT2D eigenvalue weighted by Crippen LogP contribution is -2.48. The van der Waals surface area contributed by atoms with E-state index in [9.17, 15) is 19.2 Å². The summed E-state index contributed by atoms with van der Waals surface area (Å²) in [7, 11) is 5.26. The normalized spacial score (nSPS) is 17.3. The first-order valence-electron chi connectivity index (χ1n) is 16.3. The first-order valence-corrected chi connectivity index (χ1v) is 16.3. The zero-order valence-electron chi connectivity index (χ0n) is 28.0. The van der Waals surface area contributed by atoms with Crippen molar-refractivity contribution < 1.29 is 23.9 Å². The van der Waals surface area contributed by atoms with Crippen LogP contribution in [-0.2, 0) is 20.9 Å². The summed E-state index contributed by atoms with van der Waals surface area (Å²) in [5, 5.41) is 0. The van der Waals surface area contributed by atoms with Gasteiger partial charge in [-0.3, -0.25) is 19.2 Å². The number of fused-ring (bicyclic) bond motifs is 1. The third kappa shape index (κ3) is 10.3. The highest BCUT2D eigenvalue weighted by Crippen LogP contribution is 2.23. The maximum absolute atomic E-state index is 13.8. The van der Waals surface area contributed by atoms with Crippen molar-refractivity contribution in [3.63, 3.8) is 0 Å². The van der Waals surface area contributed by atoms with Crippen molar-refractivity contribution in [3.8, 4) is 5.75 Å². The van der Waals surface area contributed by atoms with Crippen molar-refractivity contribution in [1.82, 2.24) is 29.2 Å². The highest BCUT2D eigenvalue weighted by atomic mass is 16.5. The predicted molar refractivity (Wildman–Crippen MR) is 174 cm³/mol. The van der Waals surface area contributed by atoms with Crippen LogP contribution < -0.4 is 4.74 Å². The van der Waals surface area contributed by atoms with E-state index in [1.165, 1.54) is 4.90 Å². The number of para-hydroxylation sites is 1. The van der Waals surface area contributed by atoms with Crippen molar-refractivity contribution in [1.29, 1.82) is 0 Å². The Bertz CT molecular complexity index is 1280. The molecule has 11 heteroatoms. The Morgan fingerprint density at radius 2 is 1.76 bits per heavy atom. The number of aromatic nitrogens is 2. The summed E-state index contributed by atoms with van der Waals surface area (Å²) in [6.07, 6.45) is 8.10. The average molecular weight is 625 g/mol. The molecule has 1 aliphatic heterocycles. The van der Waals surface area contributed by atoms with E-state index in [4.69, 9.17) is 4.74 Å². The van der Waals surface area contributed by atoms with Crippen LogP contribution in [0.1, 0.15) is 87.8 Å². The van der Waals surface area contributed by atoms with E-state index in [1.54, 1.807) is 55.2 Å². The Hall–Kier alpha value is -3.89. The number of amides is 4. The lowest BCUT2D eigenvalue weighted by Gasteiger charge is -2.32. The molecule has 2 heterocycles. The van der Waals surface area contributed by atoms with E-state index in [0.29, 0.717) is 82.7 Å².